The number of hydrogen-bond acceptors (Lipinski definition) is 3. The van der Waals surface area contributed by atoms with Crippen LogP contribution in [0.25, 0.3) is 10.9 Å². The van der Waals surface area contributed by atoms with Crippen LogP contribution >= 0.6 is 11.6 Å². The number of rotatable bonds is 3. The van der Waals surface area contributed by atoms with Crippen LogP contribution in [0.5, 0.6) is 0 Å². The summed E-state index contributed by atoms with van der Waals surface area (Å²) in [5.74, 6) is -0.734. The van der Waals surface area contributed by atoms with E-state index in [-0.39, 0.29) is 21.0 Å². The molecule has 0 amide bonds. The van der Waals surface area contributed by atoms with Crippen molar-refractivity contribution < 1.29 is 12.8 Å². The lowest BCUT2D eigenvalue weighted by Crippen LogP contribution is -2.15. The molecule has 0 radical (unpaired) electrons. The van der Waals surface area contributed by atoms with Gasteiger partial charge in [-0.25, -0.2) is 12.8 Å². The predicted octanol–water partition coefficient (Wildman–Crippen LogP) is 3.74. The first-order valence-electron chi connectivity index (χ1n) is 7.29. The van der Waals surface area contributed by atoms with E-state index in [2.05, 4.69) is 9.71 Å². The molecule has 1 aromatic heterocycles. The van der Waals surface area contributed by atoms with Crippen LogP contribution in [-0.4, -0.2) is 13.4 Å². The molecular weight excluding hydrogens is 367 g/mol. The number of aromatic amines is 1. The zero-order chi connectivity index (χ0) is 18.4. The number of hydrogen-bond donors (Lipinski definition) is 2. The summed E-state index contributed by atoms with van der Waals surface area (Å²) in [6.45, 7) is 3.16. The van der Waals surface area contributed by atoms with Gasteiger partial charge in [-0.1, -0.05) is 11.6 Å². The lowest BCUT2D eigenvalue weighted by molar-refractivity contribution is 0.594. The Morgan fingerprint density at radius 3 is 2.56 bits per heavy atom. The van der Waals surface area contributed by atoms with Gasteiger partial charge in [-0.05, 0) is 55.8 Å². The number of pyridine rings is 1. The van der Waals surface area contributed by atoms with Gasteiger partial charge in [0.25, 0.3) is 15.6 Å². The van der Waals surface area contributed by atoms with Crippen molar-refractivity contribution in [1.29, 1.82) is 0 Å². The maximum absolute atomic E-state index is 13.6. The van der Waals surface area contributed by atoms with Crippen molar-refractivity contribution in [2.45, 2.75) is 18.7 Å². The van der Waals surface area contributed by atoms with Gasteiger partial charge >= 0.3 is 0 Å². The fourth-order valence-electron chi connectivity index (χ4n) is 2.49. The number of anilines is 1. The average molecular weight is 381 g/mol. The Morgan fingerprint density at radius 1 is 1.12 bits per heavy atom. The Kier molecular flexibility index (Phi) is 4.30. The number of aryl methyl sites for hydroxylation is 1. The molecule has 0 aliphatic carbocycles. The molecule has 0 aliphatic rings. The maximum atomic E-state index is 13.6. The summed E-state index contributed by atoms with van der Waals surface area (Å²) in [5.41, 5.74) is 1.45. The number of fused-ring (bicyclic) bond motifs is 1. The molecular formula is C17H14ClFN2O3S. The van der Waals surface area contributed by atoms with E-state index in [4.69, 9.17) is 11.6 Å². The first-order chi connectivity index (χ1) is 11.7. The normalized spacial score (nSPS) is 11.7. The standard InChI is InChI=1S/C17H14ClFN2O3S/c1-9-5-11-6-13(3-4-15(11)20-17(9)22)21-25(23,24)16-8-12(19)7-14(18)10(16)2/h3-8,21H,1-2H3,(H,20,22). The largest absolute Gasteiger partial charge is 0.322 e. The van der Waals surface area contributed by atoms with Crippen molar-refractivity contribution in [2.75, 3.05) is 4.72 Å². The van der Waals surface area contributed by atoms with Crippen LogP contribution in [0.4, 0.5) is 10.1 Å². The molecule has 0 fully saturated rings. The number of nitrogens with one attached hydrogen (secondary N) is 2. The van der Waals surface area contributed by atoms with Gasteiger partial charge < -0.3 is 4.98 Å². The van der Waals surface area contributed by atoms with Crippen molar-refractivity contribution in [3.63, 3.8) is 0 Å². The van der Waals surface area contributed by atoms with Crippen LogP contribution in [0.1, 0.15) is 11.1 Å². The zero-order valence-corrected chi connectivity index (χ0v) is 14.9. The lowest BCUT2D eigenvalue weighted by atomic mass is 10.1. The second-order valence-electron chi connectivity index (χ2n) is 5.70. The zero-order valence-electron chi connectivity index (χ0n) is 13.4. The number of benzene rings is 2. The summed E-state index contributed by atoms with van der Waals surface area (Å²) in [7, 11) is -4.02. The highest BCUT2D eigenvalue weighted by molar-refractivity contribution is 7.92. The van der Waals surface area contributed by atoms with Gasteiger partial charge in [0.1, 0.15) is 5.82 Å². The highest BCUT2D eigenvalue weighted by Gasteiger charge is 2.20. The molecule has 0 saturated heterocycles. The Bertz CT molecular complexity index is 1160. The van der Waals surface area contributed by atoms with E-state index < -0.39 is 15.8 Å². The summed E-state index contributed by atoms with van der Waals surface area (Å²) in [6.07, 6.45) is 0. The molecule has 0 spiro atoms. The van der Waals surface area contributed by atoms with E-state index in [1.807, 2.05) is 0 Å². The third-order valence-electron chi connectivity index (χ3n) is 3.83. The summed E-state index contributed by atoms with van der Waals surface area (Å²) in [5, 5.41) is 0.707. The summed E-state index contributed by atoms with van der Waals surface area (Å²) < 4.78 is 41.1. The molecule has 1 heterocycles. The van der Waals surface area contributed by atoms with Crippen molar-refractivity contribution in [1.82, 2.24) is 4.98 Å². The SMILES string of the molecule is Cc1c(Cl)cc(F)cc1S(=O)(=O)Nc1ccc2[nH]c(=O)c(C)cc2c1. The number of sulfonamides is 1. The van der Waals surface area contributed by atoms with Gasteiger partial charge in [-0.3, -0.25) is 9.52 Å². The summed E-state index contributed by atoms with van der Waals surface area (Å²) in [6, 6.07) is 8.35. The molecule has 0 atom stereocenters. The Labute approximate surface area is 148 Å². The summed E-state index contributed by atoms with van der Waals surface area (Å²) in [4.78, 5) is 14.1. The second kappa shape index (κ2) is 6.16. The Hall–Kier alpha value is -2.38. The van der Waals surface area contributed by atoms with E-state index >= 15 is 0 Å². The van der Waals surface area contributed by atoms with Crippen molar-refractivity contribution in [3.05, 3.63) is 68.7 Å². The molecule has 2 aromatic carbocycles. The van der Waals surface area contributed by atoms with Crippen LogP contribution in [0.15, 0.2) is 46.1 Å². The summed E-state index contributed by atoms with van der Waals surface area (Å²) >= 11 is 5.87. The van der Waals surface area contributed by atoms with Gasteiger partial charge in [-0.2, -0.15) is 0 Å². The maximum Gasteiger partial charge on any atom is 0.262 e. The monoisotopic (exact) mass is 380 g/mol. The minimum atomic E-state index is -4.02. The molecule has 0 bridgehead atoms. The highest BCUT2D eigenvalue weighted by atomic mass is 35.5. The van der Waals surface area contributed by atoms with Crippen molar-refractivity contribution in [2.24, 2.45) is 0 Å². The van der Waals surface area contributed by atoms with Crippen LogP contribution in [0.2, 0.25) is 5.02 Å². The van der Waals surface area contributed by atoms with E-state index in [0.29, 0.717) is 22.2 Å². The van der Waals surface area contributed by atoms with E-state index in [1.54, 1.807) is 25.1 Å². The third kappa shape index (κ3) is 3.38. The fraction of sp³-hybridized carbons (Fsp3) is 0.118. The number of aromatic nitrogens is 1. The molecule has 2 N–H and O–H groups in total. The molecule has 3 aromatic rings. The van der Waals surface area contributed by atoms with Crippen molar-refractivity contribution >= 4 is 38.2 Å². The van der Waals surface area contributed by atoms with Crippen molar-refractivity contribution in [3.8, 4) is 0 Å². The minimum absolute atomic E-state index is 0.0343. The molecule has 0 unspecified atom stereocenters. The molecule has 130 valence electrons. The van der Waals surface area contributed by atoms with Crippen LogP contribution in [-0.2, 0) is 10.0 Å². The van der Waals surface area contributed by atoms with Crippen LogP contribution in [0, 0.1) is 19.7 Å². The first kappa shape index (κ1) is 17.4. The van der Waals surface area contributed by atoms with Gasteiger partial charge in [0.2, 0.25) is 0 Å². The van der Waals surface area contributed by atoms with Gasteiger partial charge in [0, 0.05) is 27.2 Å². The molecule has 25 heavy (non-hydrogen) atoms. The van der Waals surface area contributed by atoms with Gasteiger partial charge in [-0.15, -0.1) is 0 Å². The topological polar surface area (TPSA) is 79.0 Å². The van der Waals surface area contributed by atoms with Gasteiger partial charge in [0.15, 0.2) is 0 Å². The average Bonchev–Trinajstić information content (AvgIpc) is 2.52. The highest BCUT2D eigenvalue weighted by Crippen LogP contribution is 2.27. The quantitative estimate of drug-likeness (QED) is 0.726. The first-order valence-corrected chi connectivity index (χ1v) is 9.15. The smallest absolute Gasteiger partial charge is 0.262 e. The molecule has 3 rings (SSSR count). The third-order valence-corrected chi connectivity index (χ3v) is 5.73. The van der Waals surface area contributed by atoms with Gasteiger partial charge in [0.05, 0.1) is 4.90 Å². The van der Waals surface area contributed by atoms with Crippen LogP contribution < -0.4 is 10.3 Å². The lowest BCUT2D eigenvalue weighted by Gasteiger charge is -2.12. The Morgan fingerprint density at radius 2 is 1.84 bits per heavy atom. The molecule has 5 nitrogen and oxygen atoms in total. The fourth-order valence-corrected chi connectivity index (χ4v) is 4.08. The van der Waals surface area contributed by atoms with Crippen LogP contribution in [0.3, 0.4) is 0 Å². The predicted molar refractivity (Wildman–Crippen MR) is 96.3 cm³/mol. The van der Waals surface area contributed by atoms with E-state index in [9.17, 15) is 17.6 Å². The number of H-pyrrole nitrogens is 1. The number of halogens is 2. The second-order valence-corrected chi connectivity index (χ2v) is 7.76. The molecule has 0 saturated carbocycles. The Balaban J connectivity index is 2.05. The van der Waals surface area contributed by atoms with E-state index in [1.165, 1.54) is 13.0 Å². The van der Waals surface area contributed by atoms with E-state index in [0.717, 1.165) is 12.1 Å². The molecule has 0 aliphatic heterocycles. The minimum Gasteiger partial charge on any atom is -0.322 e. The molecule has 8 heteroatoms.